The lowest BCUT2D eigenvalue weighted by atomic mass is 10.2. The minimum atomic E-state index is -0.503. The zero-order valence-corrected chi connectivity index (χ0v) is 14.8. The van der Waals surface area contributed by atoms with Crippen molar-refractivity contribution in [1.82, 2.24) is 0 Å². The first-order valence-electron chi connectivity index (χ1n) is 6.67. The minimum Gasteiger partial charge on any atom is -0.494 e. The SMILES string of the molecule is COc1ccc(Br)c(C=NN=C(N)SCc2ccccc2)c1F. The summed E-state index contributed by atoms with van der Waals surface area (Å²) in [5.41, 5.74) is 7.19. The maximum absolute atomic E-state index is 14.1. The molecule has 2 N–H and O–H groups in total. The maximum atomic E-state index is 14.1. The van der Waals surface area contributed by atoms with Crippen LogP contribution in [0.15, 0.2) is 57.1 Å². The molecule has 2 aromatic rings. The number of halogens is 2. The lowest BCUT2D eigenvalue weighted by Crippen LogP contribution is -2.06. The monoisotopic (exact) mass is 395 g/mol. The van der Waals surface area contributed by atoms with Gasteiger partial charge in [0.25, 0.3) is 0 Å². The van der Waals surface area contributed by atoms with Crippen LogP contribution >= 0.6 is 27.7 Å². The molecule has 0 bridgehead atoms. The molecule has 7 heteroatoms. The van der Waals surface area contributed by atoms with E-state index in [9.17, 15) is 4.39 Å². The fraction of sp³-hybridized carbons (Fsp3) is 0.125. The first-order valence-corrected chi connectivity index (χ1v) is 8.45. The van der Waals surface area contributed by atoms with Crippen LogP contribution in [0, 0.1) is 5.82 Å². The standard InChI is InChI=1S/C16H15BrFN3OS/c1-22-14-8-7-13(17)12(15(14)18)9-20-21-16(19)23-10-11-5-3-2-4-6-11/h2-9H,10H2,1H3,(H2,19,21). The smallest absolute Gasteiger partial charge is 0.180 e. The molecule has 0 aliphatic heterocycles. The first-order chi connectivity index (χ1) is 11.1. The van der Waals surface area contributed by atoms with Gasteiger partial charge in [-0.3, -0.25) is 0 Å². The van der Waals surface area contributed by atoms with Crippen molar-refractivity contribution < 1.29 is 9.13 Å². The van der Waals surface area contributed by atoms with Crippen molar-refractivity contribution in [3.05, 3.63) is 63.9 Å². The molecule has 2 rings (SSSR count). The molecule has 0 saturated carbocycles. The molecule has 0 aliphatic rings. The molecule has 2 aromatic carbocycles. The molecule has 0 aromatic heterocycles. The van der Waals surface area contributed by atoms with Gasteiger partial charge in [-0.05, 0) is 17.7 Å². The van der Waals surface area contributed by atoms with Crippen LogP contribution in [0.2, 0.25) is 0 Å². The number of hydrogen-bond acceptors (Lipinski definition) is 4. The van der Waals surface area contributed by atoms with Crippen LogP contribution < -0.4 is 10.5 Å². The van der Waals surface area contributed by atoms with E-state index in [1.165, 1.54) is 31.2 Å². The molecule has 0 saturated heterocycles. The fourth-order valence-electron chi connectivity index (χ4n) is 1.73. The van der Waals surface area contributed by atoms with Gasteiger partial charge in [0.1, 0.15) is 0 Å². The number of amidine groups is 1. The molecule has 0 atom stereocenters. The number of benzene rings is 2. The molecule has 4 nitrogen and oxygen atoms in total. The van der Waals surface area contributed by atoms with Crippen molar-refractivity contribution in [1.29, 1.82) is 0 Å². The average molecular weight is 396 g/mol. The van der Waals surface area contributed by atoms with Gasteiger partial charge in [-0.15, -0.1) is 5.10 Å². The lowest BCUT2D eigenvalue weighted by molar-refractivity contribution is 0.386. The molecule has 0 spiro atoms. The van der Waals surface area contributed by atoms with Gasteiger partial charge >= 0.3 is 0 Å². The zero-order chi connectivity index (χ0) is 16.7. The van der Waals surface area contributed by atoms with Gasteiger partial charge in [0, 0.05) is 15.8 Å². The van der Waals surface area contributed by atoms with E-state index in [0.717, 1.165) is 5.56 Å². The Kier molecular flexibility index (Phi) is 6.61. The van der Waals surface area contributed by atoms with Crippen LogP contribution in [0.4, 0.5) is 4.39 Å². The summed E-state index contributed by atoms with van der Waals surface area (Å²) in [7, 11) is 1.41. The Bertz CT molecular complexity index is 723. The zero-order valence-electron chi connectivity index (χ0n) is 12.4. The van der Waals surface area contributed by atoms with Crippen molar-refractivity contribution in [3.63, 3.8) is 0 Å². The van der Waals surface area contributed by atoms with Gasteiger partial charge < -0.3 is 10.5 Å². The van der Waals surface area contributed by atoms with Gasteiger partial charge in [0.15, 0.2) is 16.7 Å². The van der Waals surface area contributed by atoms with Crippen LogP contribution in [-0.4, -0.2) is 18.5 Å². The van der Waals surface area contributed by atoms with Crippen molar-refractivity contribution in [2.24, 2.45) is 15.9 Å². The second-order valence-corrected chi connectivity index (χ2v) is 6.28. The summed E-state index contributed by atoms with van der Waals surface area (Å²) >= 11 is 4.63. The van der Waals surface area contributed by atoms with E-state index >= 15 is 0 Å². The first kappa shape index (κ1) is 17.5. The third-order valence-electron chi connectivity index (χ3n) is 2.88. The molecule has 0 fully saturated rings. The molecule has 0 heterocycles. The number of hydrogen-bond donors (Lipinski definition) is 1. The van der Waals surface area contributed by atoms with E-state index in [2.05, 4.69) is 26.1 Å². The van der Waals surface area contributed by atoms with Gasteiger partial charge in [-0.25, -0.2) is 4.39 Å². The minimum absolute atomic E-state index is 0.144. The molecule has 0 amide bonds. The second-order valence-electron chi connectivity index (χ2n) is 4.43. The largest absolute Gasteiger partial charge is 0.494 e. The molecular weight excluding hydrogens is 381 g/mol. The normalized spacial score (nSPS) is 11.9. The van der Waals surface area contributed by atoms with Crippen molar-refractivity contribution >= 4 is 39.1 Å². The number of ether oxygens (including phenoxy) is 1. The quantitative estimate of drug-likeness (QED) is 0.469. The Morgan fingerprint density at radius 2 is 2.04 bits per heavy atom. The number of nitrogens with zero attached hydrogens (tertiary/aromatic N) is 2. The summed E-state index contributed by atoms with van der Waals surface area (Å²) in [6.45, 7) is 0. The molecular formula is C16H15BrFN3OS. The van der Waals surface area contributed by atoms with Crippen molar-refractivity contribution in [3.8, 4) is 5.75 Å². The molecule has 0 aliphatic carbocycles. The van der Waals surface area contributed by atoms with Gasteiger partial charge in [-0.1, -0.05) is 58.0 Å². The van der Waals surface area contributed by atoms with Crippen LogP contribution in [0.25, 0.3) is 0 Å². The Labute approximate surface area is 146 Å². The predicted molar refractivity (Wildman–Crippen MR) is 97.6 cm³/mol. The summed E-state index contributed by atoms with van der Waals surface area (Å²) in [5, 5.41) is 8.02. The molecule has 0 unspecified atom stereocenters. The lowest BCUT2D eigenvalue weighted by Gasteiger charge is -2.05. The molecule has 23 heavy (non-hydrogen) atoms. The van der Waals surface area contributed by atoms with Gasteiger partial charge in [0.05, 0.1) is 13.3 Å². The van der Waals surface area contributed by atoms with E-state index in [-0.39, 0.29) is 11.3 Å². The summed E-state index contributed by atoms with van der Waals surface area (Å²) < 4.78 is 19.6. The Morgan fingerprint density at radius 1 is 1.30 bits per heavy atom. The number of nitrogens with two attached hydrogens (primary N) is 1. The third-order valence-corrected chi connectivity index (χ3v) is 4.43. The fourth-order valence-corrected chi connectivity index (χ4v) is 2.75. The number of methoxy groups -OCH3 is 1. The Hall–Kier alpha value is -1.86. The highest BCUT2D eigenvalue weighted by molar-refractivity contribution is 9.10. The highest BCUT2D eigenvalue weighted by Gasteiger charge is 2.10. The molecule has 120 valence electrons. The number of thioether (sulfide) groups is 1. The third kappa shape index (κ3) is 5.07. The van der Waals surface area contributed by atoms with Gasteiger partial charge in [0.2, 0.25) is 0 Å². The average Bonchev–Trinajstić information content (AvgIpc) is 2.57. The second kappa shape index (κ2) is 8.69. The van der Waals surface area contributed by atoms with Crippen molar-refractivity contribution in [2.75, 3.05) is 7.11 Å². The van der Waals surface area contributed by atoms with Crippen molar-refractivity contribution in [2.45, 2.75) is 5.75 Å². The van der Waals surface area contributed by atoms with E-state index in [1.54, 1.807) is 6.07 Å². The predicted octanol–water partition coefficient (Wildman–Crippen LogP) is 4.18. The topological polar surface area (TPSA) is 60.0 Å². The van der Waals surface area contributed by atoms with Crippen LogP contribution in [-0.2, 0) is 5.75 Å². The van der Waals surface area contributed by atoms with Crippen LogP contribution in [0.5, 0.6) is 5.75 Å². The highest BCUT2D eigenvalue weighted by atomic mass is 79.9. The van der Waals surface area contributed by atoms with Gasteiger partial charge in [-0.2, -0.15) is 5.10 Å². The van der Waals surface area contributed by atoms with Crippen LogP contribution in [0.3, 0.4) is 0 Å². The molecule has 0 radical (unpaired) electrons. The highest BCUT2D eigenvalue weighted by Crippen LogP contribution is 2.26. The number of rotatable bonds is 5. The van der Waals surface area contributed by atoms with E-state index in [0.29, 0.717) is 15.4 Å². The summed E-state index contributed by atoms with van der Waals surface area (Å²) in [6, 6.07) is 13.1. The summed E-state index contributed by atoms with van der Waals surface area (Å²) in [4.78, 5) is 0. The Balaban J connectivity index is 2.03. The van der Waals surface area contributed by atoms with E-state index in [4.69, 9.17) is 10.5 Å². The summed E-state index contributed by atoms with van der Waals surface area (Å²) in [6.07, 6.45) is 1.30. The van der Waals surface area contributed by atoms with E-state index in [1.807, 2.05) is 30.3 Å². The summed E-state index contributed by atoms with van der Waals surface area (Å²) in [5.74, 6) is 0.338. The van der Waals surface area contributed by atoms with E-state index < -0.39 is 5.82 Å². The maximum Gasteiger partial charge on any atom is 0.180 e. The Morgan fingerprint density at radius 3 is 2.74 bits per heavy atom. The van der Waals surface area contributed by atoms with Crippen LogP contribution in [0.1, 0.15) is 11.1 Å².